The zero-order valence-corrected chi connectivity index (χ0v) is 16.0. The van der Waals surface area contributed by atoms with Crippen LogP contribution in [0.1, 0.15) is 12.0 Å². The molecule has 0 fully saturated rings. The molecule has 0 unspecified atom stereocenters. The van der Waals surface area contributed by atoms with Crippen molar-refractivity contribution in [3.63, 3.8) is 0 Å². The van der Waals surface area contributed by atoms with Gasteiger partial charge in [0.05, 0.1) is 16.6 Å². The molecule has 5 nitrogen and oxygen atoms in total. The van der Waals surface area contributed by atoms with Crippen molar-refractivity contribution in [3.8, 4) is 0 Å². The van der Waals surface area contributed by atoms with Crippen molar-refractivity contribution in [1.82, 2.24) is 4.90 Å². The maximum atomic E-state index is 12.8. The molecule has 2 aromatic rings. The Hall–Kier alpha value is -2.08. The van der Waals surface area contributed by atoms with E-state index in [-0.39, 0.29) is 25.4 Å². The molecule has 0 aliphatic rings. The summed E-state index contributed by atoms with van der Waals surface area (Å²) in [6.07, 6.45) is 0.102. The fraction of sp³-hybridized carbons (Fsp3) is 0.263. The summed E-state index contributed by atoms with van der Waals surface area (Å²) >= 11 is 12.2. The first kappa shape index (κ1) is 20.2. The predicted molar refractivity (Wildman–Crippen MR) is 105 cm³/mol. The van der Waals surface area contributed by atoms with Gasteiger partial charge in [0.1, 0.15) is 0 Å². The van der Waals surface area contributed by atoms with Crippen LogP contribution in [-0.4, -0.2) is 36.9 Å². The van der Waals surface area contributed by atoms with E-state index in [9.17, 15) is 9.59 Å². The van der Waals surface area contributed by atoms with Crippen molar-refractivity contribution < 1.29 is 9.59 Å². The molecular formula is C19H21Cl2N3O2. The quantitative estimate of drug-likeness (QED) is 0.747. The average Bonchev–Trinajstić information content (AvgIpc) is 2.59. The lowest BCUT2D eigenvalue weighted by Gasteiger charge is -2.25. The first-order valence-corrected chi connectivity index (χ1v) is 8.89. The van der Waals surface area contributed by atoms with Crippen molar-refractivity contribution in [2.75, 3.05) is 25.0 Å². The Kier molecular flexibility index (Phi) is 7.45. The molecule has 138 valence electrons. The van der Waals surface area contributed by atoms with Gasteiger partial charge in [-0.05, 0) is 30.8 Å². The molecule has 0 heterocycles. The molecule has 0 saturated carbocycles. The molecule has 0 spiro atoms. The smallest absolute Gasteiger partial charge is 0.241 e. The van der Waals surface area contributed by atoms with E-state index in [1.54, 1.807) is 11.0 Å². The summed E-state index contributed by atoms with van der Waals surface area (Å²) in [5.74, 6) is -0.573. The van der Waals surface area contributed by atoms with Crippen LogP contribution in [-0.2, 0) is 16.1 Å². The maximum Gasteiger partial charge on any atom is 0.241 e. The van der Waals surface area contributed by atoms with E-state index in [2.05, 4.69) is 0 Å². The number of amides is 2. The molecule has 0 radical (unpaired) electrons. The molecule has 26 heavy (non-hydrogen) atoms. The number of rotatable bonds is 8. The zero-order chi connectivity index (χ0) is 19.1. The minimum Gasteiger partial charge on any atom is -0.370 e. The monoisotopic (exact) mass is 393 g/mol. The summed E-state index contributed by atoms with van der Waals surface area (Å²) in [6, 6.07) is 14.6. The number of hydrogen-bond acceptors (Lipinski definition) is 3. The number of hydrogen-bond donors (Lipinski definition) is 1. The fourth-order valence-corrected chi connectivity index (χ4v) is 2.94. The topological polar surface area (TPSA) is 66.6 Å². The Morgan fingerprint density at radius 1 is 1.04 bits per heavy atom. The molecule has 2 aromatic carbocycles. The SMILES string of the molecule is CN(CC(=O)N(CCC(N)=O)c1ccccc1)Cc1cccc(Cl)c1Cl. The van der Waals surface area contributed by atoms with Gasteiger partial charge < -0.3 is 10.6 Å². The second-order valence-corrected chi connectivity index (χ2v) is 6.77. The molecule has 0 saturated heterocycles. The van der Waals surface area contributed by atoms with Crippen molar-refractivity contribution in [1.29, 1.82) is 0 Å². The Labute approximate surface area is 163 Å². The highest BCUT2D eigenvalue weighted by atomic mass is 35.5. The number of nitrogens with zero attached hydrogens (tertiary/aromatic N) is 2. The van der Waals surface area contributed by atoms with Gasteiger partial charge in [-0.3, -0.25) is 14.5 Å². The number of halogens is 2. The highest BCUT2D eigenvalue weighted by molar-refractivity contribution is 6.42. The Morgan fingerprint density at radius 3 is 2.38 bits per heavy atom. The van der Waals surface area contributed by atoms with E-state index < -0.39 is 5.91 Å². The van der Waals surface area contributed by atoms with Crippen LogP contribution in [0.2, 0.25) is 10.0 Å². The number of carbonyl (C=O) groups excluding carboxylic acids is 2. The van der Waals surface area contributed by atoms with E-state index in [4.69, 9.17) is 28.9 Å². The highest BCUT2D eigenvalue weighted by Gasteiger charge is 2.18. The van der Waals surface area contributed by atoms with Gasteiger partial charge in [-0.25, -0.2) is 0 Å². The van der Waals surface area contributed by atoms with E-state index in [0.29, 0.717) is 16.6 Å². The third kappa shape index (κ3) is 5.73. The standard InChI is InChI=1S/C19H21Cl2N3O2/c1-23(12-14-6-5-9-16(20)19(14)21)13-18(26)24(11-10-17(22)25)15-7-3-2-4-8-15/h2-9H,10-13H2,1H3,(H2,22,25). The first-order valence-electron chi connectivity index (χ1n) is 8.13. The number of benzene rings is 2. The van der Waals surface area contributed by atoms with Gasteiger partial charge in [-0.2, -0.15) is 0 Å². The van der Waals surface area contributed by atoms with Crippen LogP contribution >= 0.6 is 23.2 Å². The normalized spacial score (nSPS) is 10.8. The highest BCUT2D eigenvalue weighted by Crippen LogP contribution is 2.26. The summed E-state index contributed by atoms with van der Waals surface area (Å²) < 4.78 is 0. The lowest BCUT2D eigenvalue weighted by molar-refractivity contribution is -0.119. The van der Waals surface area contributed by atoms with Crippen LogP contribution < -0.4 is 10.6 Å². The molecular weight excluding hydrogens is 373 g/mol. The molecule has 2 N–H and O–H groups in total. The molecule has 2 amide bonds. The molecule has 2 rings (SSSR count). The fourth-order valence-electron chi connectivity index (χ4n) is 2.56. The third-order valence-corrected chi connectivity index (χ3v) is 4.69. The second kappa shape index (κ2) is 9.57. The number of primary amides is 1. The number of carbonyl (C=O) groups is 2. The minimum atomic E-state index is -0.446. The number of nitrogens with two attached hydrogens (primary N) is 1. The summed E-state index contributed by atoms with van der Waals surface area (Å²) in [6.45, 7) is 0.879. The summed E-state index contributed by atoms with van der Waals surface area (Å²) in [5, 5.41) is 0.971. The Morgan fingerprint density at radius 2 is 1.73 bits per heavy atom. The molecule has 0 aromatic heterocycles. The van der Waals surface area contributed by atoms with Crippen LogP contribution in [0, 0.1) is 0 Å². The van der Waals surface area contributed by atoms with E-state index in [1.165, 1.54) is 0 Å². The van der Waals surface area contributed by atoms with Crippen molar-refractivity contribution in [3.05, 3.63) is 64.1 Å². The van der Waals surface area contributed by atoms with Crippen LogP contribution in [0.3, 0.4) is 0 Å². The van der Waals surface area contributed by atoms with Crippen LogP contribution in [0.15, 0.2) is 48.5 Å². The maximum absolute atomic E-state index is 12.8. The molecule has 0 aliphatic heterocycles. The van der Waals surface area contributed by atoms with Gasteiger partial charge >= 0.3 is 0 Å². The van der Waals surface area contributed by atoms with Gasteiger partial charge in [0, 0.05) is 25.2 Å². The van der Waals surface area contributed by atoms with Crippen molar-refractivity contribution >= 4 is 40.7 Å². The number of para-hydroxylation sites is 1. The zero-order valence-electron chi connectivity index (χ0n) is 14.5. The van der Waals surface area contributed by atoms with E-state index in [1.807, 2.05) is 54.4 Å². The second-order valence-electron chi connectivity index (χ2n) is 5.98. The summed E-state index contributed by atoms with van der Waals surface area (Å²) in [7, 11) is 1.83. The average molecular weight is 394 g/mol. The predicted octanol–water partition coefficient (Wildman–Crippen LogP) is 3.33. The van der Waals surface area contributed by atoms with Gasteiger partial charge in [-0.1, -0.05) is 53.5 Å². The largest absolute Gasteiger partial charge is 0.370 e. The summed E-state index contributed by atoms with van der Waals surface area (Å²) in [4.78, 5) is 27.3. The van der Waals surface area contributed by atoms with Crippen molar-refractivity contribution in [2.24, 2.45) is 5.73 Å². The molecule has 0 aliphatic carbocycles. The van der Waals surface area contributed by atoms with Crippen LogP contribution in [0.4, 0.5) is 5.69 Å². The van der Waals surface area contributed by atoms with Crippen molar-refractivity contribution in [2.45, 2.75) is 13.0 Å². The van der Waals surface area contributed by atoms with Gasteiger partial charge in [0.2, 0.25) is 11.8 Å². The Balaban J connectivity index is 2.07. The van der Waals surface area contributed by atoms with Crippen LogP contribution in [0.5, 0.6) is 0 Å². The van der Waals surface area contributed by atoms with Gasteiger partial charge in [0.15, 0.2) is 0 Å². The minimum absolute atomic E-state index is 0.102. The van der Waals surface area contributed by atoms with Crippen LogP contribution in [0.25, 0.3) is 0 Å². The molecule has 7 heteroatoms. The summed E-state index contributed by atoms with van der Waals surface area (Å²) in [5.41, 5.74) is 6.81. The lowest BCUT2D eigenvalue weighted by Crippen LogP contribution is -2.40. The molecule has 0 atom stereocenters. The van der Waals surface area contributed by atoms with Gasteiger partial charge in [0.25, 0.3) is 0 Å². The Bertz CT molecular complexity index is 769. The van der Waals surface area contributed by atoms with E-state index in [0.717, 1.165) is 11.3 Å². The number of likely N-dealkylation sites (N-methyl/N-ethyl adjacent to an activating group) is 1. The first-order chi connectivity index (χ1) is 12.4. The van der Waals surface area contributed by atoms with E-state index >= 15 is 0 Å². The van der Waals surface area contributed by atoms with Gasteiger partial charge in [-0.15, -0.1) is 0 Å². The number of anilines is 1. The third-order valence-electron chi connectivity index (χ3n) is 3.83. The molecule has 0 bridgehead atoms. The lowest BCUT2D eigenvalue weighted by atomic mass is 10.2.